The first-order valence-electron chi connectivity index (χ1n) is 8.75. The van der Waals surface area contributed by atoms with Crippen molar-refractivity contribution >= 4 is 30.7 Å². The van der Waals surface area contributed by atoms with Gasteiger partial charge in [-0.2, -0.15) is 8.78 Å². The van der Waals surface area contributed by atoms with E-state index in [1.165, 1.54) is 17.7 Å². The Bertz CT molecular complexity index is 453. The summed E-state index contributed by atoms with van der Waals surface area (Å²) in [5.74, 6) is -3.51. The molecule has 3 heterocycles. The summed E-state index contributed by atoms with van der Waals surface area (Å²) in [4.78, 5) is 15.4. The van der Waals surface area contributed by atoms with Crippen LogP contribution >= 0.6 is 24.8 Å². The number of hydrogen-bond donors (Lipinski definition) is 1. The van der Waals surface area contributed by atoms with E-state index in [2.05, 4.69) is 5.32 Å². The zero-order valence-corrected chi connectivity index (χ0v) is 16.1. The average Bonchev–Trinajstić information content (AvgIpc) is 2.86. The second kappa shape index (κ2) is 9.75. The molecule has 0 aromatic heterocycles. The number of hydrogen-bond acceptors (Lipinski definition) is 3. The molecule has 2 bridgehead atoms. The standard InChI is InChI=1S/C16H25F4N3O.2ClH/c17-15(18)16(19,20)10-22-3-5-23(6-4-22)14(24)9-11-7-12-1-2-13(8-11)21-12;;/h11-13,15,21H,1-10H2;2*1H. The fourth-order valence-corrected chi connectivity index (χ4v) is 4.24. The number of halogens is 6. The Balaban J connectivity index is 0.00000169. The Morgan fingerprint density at radius 2 is 1.58 bits per heavy atom. The third kappa shape index (κ3) is 5.84. The van der Waals surface area contributed by atoms with Gasteiger partial charge in [0.15, 0.2) is 0 Å². The van der Waals surface area contributed by atoms with Gasteiger partial charge in [0.05, 0.1) is 6.54 Å². The molecule has 3 aliphatic heterocycles. The fourth-order valence-electron chi connectivity index (χ4n) is 4.24. The Hall–Kier alpha value is -0.310. The fraction of sp³-hybridized carbons (Fsp3) is 0.938. The maximum atomic E-state index is 13.1. The minimum atomic E-state index is -3.99. The Morgan fingerprint density at radius 3 is 2.08 bits per heavy atom. The van der Waals surface area contributed by atoms with Crippen LogP contribution < -0.4 is 5.32 Å². The number of piperidine rings is 1. The van der Waals surface area contributed by atoms with Crippen LogP contribution in [0.4, 0.5) is 17.6 Å². The van der Waals surface area contributed by atoms with Gasteiger partial charge in [-0.05, 0) is 31.6 Å². The van der Waals surface area contributed by atoms with Crippen LogP contribution in [0.5, 0.6) is 0 Å². The number of piperazine rings is 1. The van der Waals surface area contributed by atoms with E-state index < -0.39 is 18.9 Å². The lowest BCUT2D eigenvalue weighted by atomic mass is 9.89. The molecule has 3 rings (SSSR count). The molecule has 0 aromatic carbocycles. The minimum absolute atomic E-state index is 0. The van der Waals surface area contributed by atoms with Gasteiger partial charge >= 0.3 is 12.3 Å². The molecule has 154 valence electrons. The lowest BCUT2D eigenvalue weighted by Gasteiger charge is -2.37. The number of rotatable bonds is 5. The maximum absolute atomic E-state index is 13.1. The number of carbonyl (C=O) groups excluding carboxylic acids is 1. The number of alkyl halides is 4. The molecular formula is C16H27Cl2F4N3O. The summed E-state index contributed by atoms with van der Waals surface area (Å²) in [5.41, 5.74) is 0. The van der Waals surface area contributed by atoms with E-state index >= 15 is 0 Å². The Morgan fingerprint density at radius 1 is 1.04 bits per heavy atom. The van der Waals surface area contributed by atoms with Crippen LogP contribution in [-0.4, -0.2) is 72.9 Å². The minimum Gasteiger partial charge on any atom is -0.340 e. The molecule has 2 unspecified atom stereocenters. The van der Waals surface area contributed by atoms with Crippen molar-refractivity contribution in [2.24, 2.45) is 5.92 Å². The molecular weight excluding hydrogens is 397 g/mol. The first-order chi connectivity index (χ1) is 11.3. The Labute approximate surface area is 163 Å². The number of fused-ring (bicyclic) bond motifs is 2. The molecule has 1 N–H and O–H groups in total. The first-order valence-corrected chi connectivity index (χ1v) is 8.75. The number of amides is 1. The zero-order valence-electron chi connectivity index (χ0n) is 14.5. The van der Waals surface area contributed by atoms with E-state index in [4.69, 9.17) is 0 Å². The lowest BCUT2D eigenvalue weighted by Crippen LogP contribution is -2.53. The van der Waals surface area contributed by atoms with Crippen molar-refractivity contribution in [2.75, 3.05) is 32.7 Å². The zero-order chi connectivity index (χ0) is 17.3. The van der Waals surface area contributed by atoms with E-state index in [-0.39, 0.29) is 43.8 Å². The predicted molar refractivity (Wildman–Crippen MR) is 95.8 cm³/mol. The third-order valence-corrected chi connectivity index (χ3v) is 5.51. The monoisotopic (exact) mass is 423 g/mol. The van der Waals surface area contributed by atoms with Crippen molar-refractivity contribution in [2.45, 2.75) is 56.5 Å². The van der Waals surface area contributed by atoms with Crippen LogP contribution in [0.3, 0.4) is 0 Å². The predicted octanol–water partition coefficient (Wildman–Crippen LogP) is 2.80. The summed E-state index contributed by atoms with van der Waals surface area (Å²) in [6, 6.07) is 1.07. The van der Waals surface area contributed by atoms with Crippen molar-refractivity contribution in [3.63, 3.8) is 0 Å². The summed E-state index contributed by atoms with van der Waals surface area (Å²) in [7, 11) is 0. The second-order valence-corrected chi connectivity index (χ2v) is 7.40. The molecule has 10 heteroatoms. The molecule has 3 fully saturated rings. The van der Waals surface area contributed by atoms with Crippen LogP contribution in [0.2, 0.25) is 0 Å². The van der Waals surface area contributed by atoms with Gasteiger partial charge in [0.1, 0.15) is 0 Å². The van der Waals surface area contributed by atoms with Crippen molar-refractivity contribution in [3.05, 3.63) is 0 Å². The number of nitrogens with zero attached hydrogens (tertiary/aromatic N) is 2. The van der Waals surface area contributed by atoms with Gasteiger partial charge < -0.3 is 10.2 Å². The van der Waals surface area contributed by atoms with Crippen molar-refractivity contribution in [1.29, 1.82) is 0 Å². The van der Waals surface area contributed by atoms with Crippen molar-refractivity contribution in [3.8, 4) is 0 Å². The van der Waals surface area contributed by atoms with Gasteiger partial charge in [0.2, 0.25) is 5.91 Å². The number of nitrogens with one attached hydrogen (secondary N) is 1. The molecule has 0 aromatic rings. The molecule has 2 atom stereocenters. The van der Waals surface area contributed by atoms with Gasteiger partial charge in [-0.1, -0.05) is 0 Å². The van der Waals surface area contributed by atoms with Crippen LogP contribution in [-0.2, 0) is 4.79 Å². The highest BCUT2D eigenvalue weighted by atomic mass is 35.5. The second-order valence-electron chi connectivity index (χ2n) is 7.40. The van der Waals surface area contributed by atoms with Gasteiger partial charge in [-0.15, -0.1) is 24.8 Å². The summed E-state index contributed by atoms with van der Waals surface area (Å²) in [5, 5.41) is 3.55. The summed E-state index contributed by atoms with van der Waals surface area (Å²) >= 11 is 0. The van der Waals surface area contributed by atoms with E-state index in [1.807, 2.05) is 0 Å². The summed E-state index contributed by atoms with van der Waals surface area (Å²) < 4.78 is 50.7. The quantitative estimate of drug-likeness (QED) is 0.690. The topological polar surface area (TPSA) is 35.6 Å². The molecule has 0 saturated carbocycles. The van der Waals surface area contributed by atoms with Crippen LogP contribution in [0.25, 0.3) is 0 Å². The van der Waals surface area contributed by atoms with Crippen molar-refractivity contribution in [1.82, 2.24) is 15.1 Å². The molecule has 0 radical (unpaired) electrons. The Kier molecular flexibility index (Phi) is 8.90. The van der Waals surface area contributed by atoms with Gasteiger partial charge in [-0.3, -0.25) is 9.69 Å². The molecule has 0 aliphatic carbocycles. The average molecular weight is 424 g/mol. The largest absolute Gasteiger partial charge is 0.340 e. The van der Waals surface area contributed by atoms with Crippen LogP contribution in [0.15, 0.2) is 0 Å². The summed E-state index contributed by atoms with van der Waals surface area (Å²) in [6.07, 6.45) is 1.30. The van der Waals surface area contributed by atoms with E-state index in [1.54, 1.807) is 4.90 Å². The molecule has 3 saturated heterocycles. The highest BCUT2D eigenvalue weighted by molar-refractivity contribution is 5.85. The SMILES string of the molecule is Cl.Cl.O=C(CC1CC2CCC(C1)N2)N1CCN(CC(F)(F)C(F)F)CC1. The molecule has 0 spiro atoms. The molecule has 3 aliphatic rings. The summed E-state index contributed by atoms with van der Waals surface area (Å²) in [6.45, 7) is 0.202. The van der Waals surface area contributed by atoms with Gasteiger partial charge in [0.25, 0.3) is 0 Å². The molecule has 4 nitrogen and oxygen atoms in total. The van der Waals surface area contributed by atoms with Crippen LogP contribution in [0, 0.1) is 5.92 Å². The first kappa shape index (κ1) is 23.7. The highest BCUT2D eigenvalue weighted by Gasteiger charge is 2.43. The molecule has 1 amide bonds. The van der Waals surface area contributed by atoms with Gasteiger partial charge in [0, 0.05) is 44.7 Å². The normalized spacial score (nSPS) is 29.3. The lowest BCUT2D eigenvalue weighted by molar-refractivity contribution is -0.148. The van der Waals surface area contributed by atoms with Crippen LogP contribution in [0.1, 0.15) is 32.1 Å². The third-order valence-electron chi connectivity index (χ3n) is 5.51. The smallest absolute Gasteiger partial charge is 0.319 e. The molecule has 26 heavy (non-hydrogen) atoms. The van der Waals surface area contributed by atoms with Crippen molar-refractivity contribution < 1.29 is 22.4 Å². The van der Waals surface area contributed by atoms with E-state index in [0.717, 1.165) is 12.8 Å². The highest BCUT2D eigenvalue weighted by Crippen LogP contribution is 2.33. The van der Waals surface area contributed by atoms with Gasteiger partial charge in [-0.25, -0.2) is 8.78 Å². The van der Waals surface area contributed by atoms with E-state index in [9.17, 15) is 22.4 Å². The number of carbonyl (C=O) groups is 1. The van der Waals surface area contributed by atoms with E-state index in [0.29, 0.717) is 37.5 Å². The maximum Gasteiger partial charge on any atom is 0.319 e.